The zero-order chi connectivity index (χ0) is 15.8. The SMILES string of the molecule is COc1ccc(-c2c3c(n4cnnc4c2C#N)CCCC3)cc1. The number of aromatic nitrogens is 3. The molecule has 0 fully saturated rings. The third-order valence-electron chi connectivity index (χ3n) is 4.54. The van der Waals surface area contributed by atoms with Gasteiger partial charge in [-0.05, 0) is 48.9 Å². The summed E-state index contributed by atoms with van der Waals surface area (Å²) in [6.45, 7) is 0. The van der Waals surface area contributed by atoms with Gasteiger partial charge in [0.1, 0.15) is 23.7 Å². The standard InChI is InChI=1S/C18H16N4O/c1-23-13-8-6-12(7-9-13)17-14-4-2-3-5-16(14)22-11-20-21-18(22)15(17)10-19/h6-9,11H,2-5H2,1H3. The zero-order valence-electron chi connectivity index (χ0n) is 12.9. The largest absolute Gasteiger partial charge is 0.497 e. The molecule has 4 rings (SSSR count). The highest BCUT2D eigenvalue weighted by molar-refractivity contribution is 5.81. The van der Waals surface area contributed by atoms with E-state index in [1.54, 1.807) is 13.4 Å². The van der Waals surface area contributed by atoms with Crippen molar-refractivity contribution in [1.82, 2.24) is 14.6 Å². The zero-order valence-corrected chi connectivity index (χ0v) is 12.9. The molecule has 0 saturated heterocycles. The lowest BCUT2D eigenvalue weighted by atomic mass is 9.86. The maximum absolute atomic E-state index is 9.74. The van der Waals surface area contributed by atoms with Gasteiger partial charge in [0.2, 0.25) is 0 Å². The fourth-order valence-corrected chi connectivity index (χ4v) is 3.47. The van der Waals surface area contributed by atoms with E-state index in [0.717, 1.165) is 42.6 Å². The number of hydrogen-bond acceptors (Lipinski definition) is 4. The minimum Gasteiger partial charge on any atom is -0.497 e. The minimum absolute atomic E-state index is 0.605. The van der Waals surface area contributed by atoms with Crippen molar-refractivity contribution < 1.29 is 4.74 Å². The van der Waals surface area contributed by atoms with Gasteiger partial charge in [0.05, 0.1) is 7.11 Å². The van der Waals surface area contributed by atoms with Crippen LogP contribution in [0.3, 0.4) is 0 Å². The fourth-order valence-electron chi connectivity index (χ4n) is 3.47. The average Bonchev–Trinajstić information content (AvgIpc) is 3.10. The van der Waals surface area contributed by atoms with Gasteiger partial charge in [-0.3, -0.25) is 4.40 Å². The molecule has 114 valence electrons. The number of hydrogen-bond donors (Lipinski definition) is 0. The van der Waals surface area contributed by atoms with E-state index in [2.05, 4.69) is 16.3 Å². The van der Waals surface area contributed by atoms with Crippen LogP contribution in [0.1, 0.15) is 29.7 Å². The molecule has 5 nitrogen and oxygen atoms in total. The summed E-state index contributed by atoms with van der Waals surface area (Å²) in [5, 5.41) is 17.9. The molecule has 0 radical (unpaired) electrons. The summed E-state index contributed by atoms with van der Waals surface area (Å²) in [4.78, 5) is 0. The lowest BCUT2D eigenvalue weighted by Gasteiger charge is -2.22. The molecule has 3 aromatic rings. The number of rotatable bonds is 2. The molecule has 0 spiro atoms. The summed E-state index contributed by atoms with van der Waals surface area (Å²) < 4.78 is 7.23. The lowest BCUT2D eigenvalue weighted by Crippen LogP contribution is -2.12. The van der Waals surface area contributed by atoms with Gasteiger partial charge >= 0.3 is 0 Å². The molecule has 23 heavy (non-hydrogen) atoms. The number of aryl methyl sites for hydroxylation is 1. The van der Waals surface area contributed by atoms with Gasteiger partial charge in [-0.1, -0.05) is 12.1 Å². The maximum Gasteiger partial charge on any atom is 0.179 e. The van der Waals surface area contributed by atoms with Gasteiger partial charge in [-0.15, -0.1) is 10.2 Å². The van der Waals surface area contributed by atoms with Crippen LogP contribution in [0.5, 0.6) is 5.75 Å². The van der Waals surface area contributed by atoms with Gasteiger partial charge in [-0.25, -0.2) is 0 Å². The second-order valence-corrected chi connectivity index (χ2v) is 5.75. The van der Waals surface area contributed by atoms with Gasteiger partial charge in [0.25, 0.3) is 0 Å². The molecule has 0 saturated carbocycles. The van der Waals surface area contributed by atoms with E-state index in [0.29, 0.717) is 11.2 Å². The van der Waals surface area contributed by atoms with Crippen molar-refractivity contribution in [1.29, 1.82) is 5.26 Å². The molecule has 0 bridgehead atoms. The van der Waals surface area contributed by atoms with Gasteiger partial charge in [0.15, 0.2) is 5.65 Å². The summed E-state index contributed by atoms with van der Waals surface area (Å²) >= 11 is 0. The topological polar surface area (TPSA) is 63.2 Å². The second kappa shape index (κ2) is 5.40. The predicted octanol–water partition coefficient (Wildman–Crippen LogP) is 3.16. The Balaban J connectivity index is 2.05. The number of methoxy groups -OCH3 is 1. The van der Waals surface area contributed by atoms with E-state index in [1.807, 2.05) is 28.7 Å². The van der Waals surface area contributed by atoms with Gasteiger partial charge < -0.3 is 4.74 Å². The first-order chi connectivity index (χ1) is 11.3. The van der Waals surface area contributed by atoms with Crippen molar-refractivity contribution in [3.8, 4) is 22.9 Å². The average molecular weight is 304 g/mol. The molecule has 1 aromatic carbocycles. The number of nitriles is 1. The van der Waals surface area contributed by atoms with Crippen LogP contribution in [0, 0.1) is 11.3 Å². The second-order valence-electron chi connectivity index (χ2n) is 5.75. The molecule has 0 N–H and O–H groups in total. The highest BCUT2D eigenvalue weighted by atomic mass is 16.5. The van der Waals surface area contributed by atoms with Crippen molar-refractivity contribution in [2.75, 3.05) is 7.11 Å². The van der Waals surface area contributed by atoms with Crippen molar-refractivity contribution in [2.24, 2.45) is 0 Å². The predicted molar refractivity (Wildman–Crippen MR) is 86.3 cm³/mol. The molecule has 1 aliphatic carbocycles. The Morgan fingerprint density at radius 2 is 1.96 bits per heavy atom. The first kappa shape index (κ1) is 13.8. The Hall–Kier alpha value is -2.87. The Kier molecular flexibility index (Phi) is 3.23. The number of ether oxygens (including phenoxy) is 1. The van der Waals surface area contributed by atoms with Crippen LogP contribution in [-0.2, 0) is 12.8 Å². The van der Waals surface area contributed by atoms with E-state index in [1.165, 1.54) is 11.3 Å². The molecule has 0 aliphatic heterocycles. The van der Waals surface area contributed by atoms with E-state index in [4.69, 9.17) is 4.74 Å². The number of nitrogens with zero attached hydrogens (tertiary/aromatic N) is 4. The van der Waals surface area contributed by atoms with Crippen LogP contribution in [0.2, 0.25) is 0 Å². The van der Waals surface area contributed by atoms with Crippen molar-refractivity contribution in [3.05, 3.63) is 47.4 Å². The fraction of sp³-hybridized carbons (Fsp3) is 0.278. The monoisotopic (exact) mass is 304 g/mol. The van der Waals surface area contributed by atoms with E-state index < -0.39 is 0 Å². The van der Waals surface area contributed by atoms with Crippen molar-refractivity contribution >= 4 is 5.65 Å². The Labute approximate surface area is 134 Å². The first-order valence-electron chi connectivity index (χ1n) is 7.75. The van der Waals surface area contributed by atoms with Crippen molar-refractivity contribution in [2.45, 2.75) is 25.7 Å². The molecule has 0 amide bonds. The summed E-state index contributed by atoms with van der Waals surface area (Å²) in [6, 6.07) is 10.2. The van der Waals surface area contributed by atoms with E-state index >= 15 is 0 Å². The lowest BCUT2D eigenvalue weighted by molar-refractivity contribution is 0.415. The Morgan fingerprint density at radius 1 is 1.17 bits per heavy atom. The molecule has 2 heterocycles. The third kappa shape index (κ3) is 2.07. The van der Waals surface area contributed by atoms with Crippen LogP contribution in [0.4, 0.5) is 0 Å². The third-order valence-corrected chi connectivity index (χ3v) is 4.54. The highest BCUT2D eigenvalue weighted by Gasteiger charge is 2.23. The van der Waals surface area contributed by atoms with Gasteiger partial charge in [0, 0.05) is 11.3 Å². The van der Waals surface area contributed by atoms with Crippen LogP contribution >= 0.6 is 0 Å². The molecule has 0 atom stereocenters. The number of fused-ring (bicyclic) bond motifs is 3. The molecular formula is C18H16N4O. The molecule has 0 unspecified atom stereocenters. The summed E-state index contributed by atoms with van der Waals surface area (Å²) in [7, 11) is 1.65. The number of pyridine rings is 1. The quantitative estimate of drug-likeness (QED) is 0.729. The van der Waals surface area contributed by atoms with Gasteiger partial charge in [-0.2, -0.15) is 5.26 Å². The minimum atomic E-state index is 0.605. The normalized spacial score (nSPS) is 13.6. The van der Waals surface area contributed by atoms with E-state index in [-0.39, 0.29) is 0 Å². The Bertz CT molecular complexity index is 919. The van der Waals surface area contributed by atoms with Crippen LogP contribution in [0.25, 0.3) is 16.8 Å². The summed E-state index contributed by atoms with van der Waals surface area (Å²) in [5.74, 6) is 0.810. The van der Waals surface area contributed by atoms with Crippen LogP contribution in [-0.4, -0.2) is 21.7 Å². The molecule has 1 aliphatic rings. The summed E-state index contributed by atoms with van der Waals surface area (Å²) in [6.07, 6.45) is 6.01. The maximum atomic E-state index is 9.74. The molecule has 2 aromatic heterocycles. The highest BCUT2D eigenvalue weighted by Crippen LogP contribution is 2.36. The smallest absolute Gasteiger partial charge is 0.179 e. The van der Waals surface area contributed by atoms with Crippen LogP contribution < -0.4 is 4.74 Å². The first-order valence-corrected chi connectivity index (χ1v) is 7.75. The Morgan fingerprint density at radius 3 is 2.70 bits per heavy atom. The van der Waals surface area contributed by atoms with Crippen LogP contribution in [0.15, 0.2) is 30.6 Å². The summed E-state index contributed by atoms with van der Waals surface area (Å²) in [5.41, 5.74) is 5.79. The molecular weight excluding hydrogens is 288 g/mol. The number of benzene rings is 1. The molecule has 5 heteroatoms. The van der Waals surface area contributed by atoms with E-state index in [9.17, 15) is 5.26 Å². The van der Waals surface area contributed by atoms with Crippen molar-refractivity contribution in [3.63, 3.8) is 0 Å².